The summed E-state index contributed by atoms with van der Waals surface area (Å²) in [5.74, 6) is 0. The molecule has 1 aromatic carbocycles. The Morgan fingerprint density at radius 1 is 1.53 bits per heavy atom. The molecule has 17 heavy (non-hydrogen) atoms. The van der Waals surface area contributed by atoms with Crippen LogP contribution in [0.2, 0.25) is 0 Å². The van der Waals surface area contributed by atoms with Crippen molar-refractivity contribution in [1.82, 2.24) is 0 Å². The molecule has 0 aromatic heterocycles. The number of rotatable bonds is 3. The maximum Gasteiger partial charge on any atom is 0.0669 e. The molecule has 0 spiro atoms. The first-order valence-corrected chi connectivity index (χ1v) is 7.58. The van der Waals surface area contributed by atoms with E-state index < -0.39 is 0 Å². The molecular weight excluding hydrogens is 298 g/mol. The van der Waals surface area contributed by atoms with E-state index in [4.69, 9.17) is 10.5 Å². The lowest BCUT2D eigenvalue weighted by molar-refractivity contribution is 0.127. The summed E-state index contributed by atoms with van der Waals surface area (Å²) in [4.78, 5) is 1.28. The molecule has 2 rings (SSSR count). The van der Waals surface area contributed by atoms with Crippen molar-refractivity contribution >= 4 is 27.7 Å². The van der Waals surface area contributed by atoms with Crippen LogP contribution in [0.5, 0.6) is 0 Å². The van der Waals surface area contributed by atoms with Crippen LogP contribution >= 0.6 is 27.7 Å². The highest BCUT2D eigenvalue weighted by atomic mass is 79.9. The fraction of sp³-hybridized carbons (Fsp3) is 0.538. The zero-order valence-electron chi connectivity index (χ0n) is 10.2. The predicted octanol–water partition coefficient (Wildman–Crippen LogP) is 3.74. The van der Waals surface area contributed by atoms with Crippen molar-refractivity contribution in [3.8, 4) is 0 Å². The molecule has 1 aromatic rings. The van der Waals surface area contributed by atoms with Gasteiger partial charge in [0.1, 0.15) is 0 Å². The van der Waals surface area contributed by atoms with Gasteiger partial charge in [-0.3, -0.25) is 0 Å². The Balaban J connectivity index is 2.09. The first-order valence-electron chi connectivity index (χ1n) is 5.91. The summed E-state index contributed by atoms with van der Waals surface area (Å²) in [6.07, 6.45) is 1.49. The number of hydrogen-bond acceptors (Lipinski definition) is 3. The van der Waals surface area contributed by atoms with E-state index in [1.165, 1.54) is 4.90 Å². The van der Waals surface area contributed by atoms with Crippen LogP contribution in [0.25, 0.3) is 0 Å². The van der Waals surface area contributed by atoms with Crippen molar-refractivity contribution in [2.75, 3.05) is 6.61 Å². The van der Waals surface area contributed by atoms with E-state index in [2.05, 4.69) is 41.1 Å². The second-order valence-corrected chi connectivity index (χ2v) is 6.66. The number of halogens is 1. The fourth-order valence-corrected chi connectivity index (χ4v) is 4.05. The van der Waals surface area contributed by atoms with Crippen LogP contribution in [0.3, 0.4) is 0 Å². The van der Waals surface area contributed by atoms with Gasteiger partial charge in [0.2, 0.25) is 0 Å². The van der Waals surface area contributed by atoms with Gasteiger partial charge >= 0.3 is 0 Å². The van der Waals surface area contributed by atoms with Crippen molar-refractivity contribution in [3.63, 3.8) is 0 Å². The van der Waals surface area contributed by atoms with Gasteiger partial charge in [0.25, 0.3) is 0 Å². The van der Waals surface area contributed by atoms with Crippen LogP contribution in [0.4, 0.5) is 0 Å². The zero-order chi connectivity index (χ0) is 12.4. The summed E-state index contributed by atoms with van der Waals surface area (Å²) >= 11 is 5.49. The van der Waals surface area contributed by atoms with Gasteiger partial charge in [-0.2, -0.15) is 0 Å². The van der Waals surface area contributed by atoms with Crippen LogP contribution in [0, 0.1) is 0 Å². The third-order valence-electron chi connectivity index (χ3n) is 3.06. The van der Waals surface area contributed by atoms with Crippen molar-refractivity contribution in [2.24, 2.45) is 5.73 Å². The molecular formula is C13H18BrNOS. The minimum absolute atomic E-state index is 0.0668. The molecule has 1 fully saturated rings. The number of hydrogen-bond donors (Lipinski definition) is 1. The van der Waals surface area contributed by atoms with Gasteiger partial charge in [0.05, 0.1) is 6.10 Å². The average molecular weight is 316 g/mol. The summed E-state index contributed by atoms with van der Waals surface area (Å²) in [6.45, 7) is 5.04. The molecule has 0 bridgehead atoms. The van der Waals surface area contributed by atoms with E-state index in [1.54, 1.807) is 0 Å². The molecule has 1 aliphatic heterocycles. The molecule has 2 nitrogen and oxygen atoms in total. The van der Waals surface area contributed by atoms with E-state index in [1.807, 2.05) is 18.7 Å². The SMILES string of the molecule is CC1OCCC1Sc1ccc([C@@H](C)N)c(Br)c1. The second-order valence-electron chi connectivity index (χ2n) is 4.49. The molecule has 94 valence electrons. The third kappa shape index (κ3) is 3.25. The van der Waals surface area contributed by atoms with Gasteiger partial charge in [-0.05, 0) is 38.0 Å². The Morgan fingerprint density at radius 2 is 2.29 bits per heavy atom. The van der Waals surface area contributed by atoms with E-state index in [0.717, 1.165) is 23.1 Å². The van der Waals surface area contributed by atoms with Gasteiger partial charge in [0, 0.05) is 27.3 Å². The summed E-state index contributed by atoms with van der Waals surface area (Å²) in [6, 6.07) is 6.49. The lowest BCUT2D eigenvalue weighted by atomic mass is 10.1. The van der Waals surface area contributed by atoms with Crippen LogP contribution in [0.15, 0.2) is 27.6 Å². The Bertz CT molecular complexity index is 397. The summed E-state index contributed by atoms with van der Waals surface area (Å²) in [7, 11) is 0. The van der Waals surface area contributed by atoms with Gasteiger partial charge in [-0.1, -0.05) is 22.0 Å². The van der Waals surface area contributed by atoms with Crippen molar-refractivity contribution in [1.29, 1.82) is 0 Å². The first kappa shape index (κ1) is 13.4. The topological polar surface area (TPSA) is 35.2 Å². The summed E-state index contributed by atoms with van der Waals surface area (Å²) < 4.78 is 6.68. The van der Waals surface area contributed by atoms with Crippen LogP contribution in [-0.2, 0) is 4.74 Å². The number of nitrogens with two attached hydrogens (primary N) is 1. The molecule has 4 heteroatoms. The highest BCUT2D eigenvalue weighted by Gasteiger charge is 2.25. The van der Waals surface area contributed by atoms with Gasteiger partial charge in [0.15, 0.2) is 0 Å². The number of thioether (sulfide) groups is 1. The lowest BCUT2D eigenvalue weighted by Gasteiger charge is -2.15. The quantitative estimate of drug-likeness (QED) is 0.923. The summed E-state index contributed by atoms with van der Waals surface area (Å²) in [5, 5.41) is 0.572. The largest absolute Gasteiger partial charge is 0.377 e. The van der Waals surface area contributed by atoms with Gasteiger partial charge < -0.3 is 10.5 Å². The Hall–Kier alpha value is -0.0300. The first-order chi connectivity index (χ1) is 8.08. The molecule has 3 atom stereocenters. The number of benzene rings is 1. The van der Waals surface area contributed by atoms with Crippen LogP contribution in [-0.4, -0.2) is 18.0 Å². The molecule has 2 N–H and O–H groups in total. The Kier molecular flexibility index (Phi) is 4.53. The molecule has 1 saturated heterocycles. The minimum Gasteiger partial charge on any atom is -0.377 e. The van der Waals surface area contributed by atoms with E-state index in [9.17, 15) is 0 Å². The smallest absolute Gasteiger partial charge is 0.0669 e. The Morgan fingerprint density at radius 3 is 2.82 bits per heavy atom. The lowest BCUT2D eigenvalue weighted by Crippen LogP contribution is -2.13. The van der Waals surface area contributed by atoms with Crippen molar-refractivity contribution in [3.05, 3.63) is 28.2 Å². The third-order valence-corrected chi connectivity index (χ3v) is 5.19. The predicted molar refractivity (Wildman–Crippen MR) is 76.4 cm³/mol. The van der Waals surface area contributed by atoms with Crippen LogP contribution < -0.4 is 5.73 Å². The van der Waals surface area contributed by atoms with E-state index in [-0.39, 0.29) is 6.04 Å². The zero-order valence-corrected chi connectivity index (χ0v) is 12.6. The standard InChI is InChI=1S/C13H18BrNOS/c1-8(15)11-4-3-10(7-12(11)14)17-13-5-6-16-9(13)2/h3-4,7-9,13H,5-6,15H2,1-2H3/t8-,9?,13?/m1/s1. The normalized spacial score (nSPS) is 26.1. The molecule has 2 unspecified atom stereocenters. The van der Waals surface area contributed by atoms with Crippen molar-refractivity contribution < 1.29 is 4.74 Å². The molecule has 0 radical (unpaired) electrons. The van der Waals surface area contributed by atoms with E-state index in [0.29, 0.717) is 11.4 Å². The molecule has 0 amide bonds. The Labute approximate surface area is 115 Å². The minimum atomic E-state index is 0.0668. The maximum absolute atomic E-state index is 5.89. The van der Waals surface area contributed by atoms with E-state index >= 15 is 0 Å². The molecule has 0 aliphatic carbocycles. The highest BCUT2D eigenvalue weighted by Crippen LogP contribution is 2.35. The van der Waals surface area contributed by atoms with Crippen molar-refractivity contribution in [2.45, 2.75) is 42.6 Å². The fourth-order valence-electron chi connectivity index (χ4n) is 1.99. The second kappa shape index (κ2) is 5.74. The molecule has 0 saturated carbocycles. The monoisotopic (exact) mass is 315 g/mol. The summed E-state index contributed by atoms with van der Waals surface area (Å²) in [5.41, 5.74) is 7.05. The molecule has 1 aliphatic rings. The maximum atomic E-state index is 5.89. The number of ether oxygens (including phenoxy) is 1. The highest BCUT2D eigenvalue weighted by molar-refractivity contribution is 9.10. The molecule has 1 heterocycles. The average Bonchev–Trinajstić information content (AvgIpc) is 2.64. The van der Waals surface area contributed by atoms with Gasteiger partial charge in [-0.15, -0.1) is 11.8 Å². The van der Waals surface area contributed by atoms with Gasteiger partial charge in [-0.25, -0.2) is 0 Å². The van der Waals surface area contributed by atoms with Crippen LogP contribution in [0.1, 0.15) is 31.9 Å².